The van der Waals surface area contributed by atoms with Crippen molar-refractivity contribution in [2.24, 2.45) is 0 Å². The molecule has 0 aliphatic rings. The van der Waals surface area contributed by atoms with E-state index >= 15 is 0 Å². The van der Waals surface area contributed by atoms with E-state index in [2.05, 4.69) is 12.1 Å². The first-order valence-electron chi connectivity index (χ1n) is 6.25. The third-order valence-corrected chi connectivity index (χ3v) is 2.96. The van der Waals surface area contributed by atoms with Crippen LogP contribution < -0.4 is 10.6 Å². The maximum Gasteiger partial charge on any atom is 0.0992 e. The lowest BCUT2D eigenvalue weighted by atomic mass is 10.1. The van der Waals surface area contributed by atoms with Crippen LogP contribution in [0.2, 0.25) is 0 Å². The van der Waals surface area contributed by atoms with Crippen LogP contribution in [0.5, 0.6) is 0 Å². The monoisotopic (exact) mass is 262 g/mol. The van der Waals surface area contributed by atoms with Crippen molar-refractivity contribution in [2.75, 3.05) is 17.2 Å². The van der Waals surface area contributed by atoms with E-state index in [1.165, 1.54) is 0 Å². The molecule has 0 spiro atoms. The van der Waals surface area contributed by atoms with Crippen molar-refractivity contribution in [1.29, 1.82) is 10.5 Å². The Kier molecular flexibility index (Phi) is 4.21. The van der Waals surface area contributed by atoms with Gasteiger partial charge < -0.3 is 10.6 Å². The van der Waals surface area contributed by atoms with Gasteiger partial charge >= 0.3 is 0 Å². The number of anilines is 3. The molecule has 0 radical (unpaired) electrons. The SMILES string of the molecule is N#CCCN(c1ccccc1)c1ccc(C#N)cc1N. The fraction of sp³-hybridized carbons (Fsp3) is 0.125. The van der Waals surface area contributed by atoms with Crippen LogP contribution >= 0.6 is 0 Å². The first kappa shape index (κ1) is 13.5. The van der Waals surface area contributed by atoms with E-state index in [1.54, 1.807) is 12.1 Å². The number of hydrogen-bond acceptors (Lipinski definition) is 4. The number of para-hydroxylation sites is 1. The second kappa shape index (κ2) is 6.26. The smallest absolute Gasteiger partial charge is 0.0992 e. The van der Waals surface area contributed by atoms with Crippen molar-refractivity contribution in [3.8, 4) is 12.1 Å². The van der Waals surface area contributed by atoms with E-state index in [0.29, 0.717) is 24.2 Å². The van der Waals surface area contributed by atoms with Crippen molar-refractivity contribution in [3.05, 3.63) is 54.1 Å². The van der Waals surface area contributed by atoms with Crippen LogP contribution in [-0.4, -0.2) is 6.54 Å². The summed E-state index contributed by atoms with van der Waals surface area (Å²) in [7, 11) is 0. The number of nitriles is 2. The summed E-state index contributed by atoms with van der Waals surface area (Å²) in [5.41, 5.74) is 8.87. The summed E-state index contributed by atoms with van der Waals surface area (Å²) in [5, 5.41) is 17.7. The van der Waals surface area contributed by atoms with Crippen molar-refractivity contribution in [3.63, 3.8) is 0 Å². The summed E-state index contributed by atoms with van der Waals surface area (Å²) >= 11 is 0. The average Bonchev–Trinajstić information content (AvgIpc) is 2.50. The van der Waals surface area contributed by atoms with Gasteiger partial charge in [0.1, 0.15) is 0 Å². The highest BCUT2D eigenvalue weighted by Gasteiger charge is 2.12. The third kappa shape index (κ3) is 2.88. The van der Waals surface area contributed by atoms with Gasteiger partial charge in [-0.25, -0.2) is 0 Å². The van der Waals surface area contributed by atoms with Crippen molar-refractivity contribution in [2.45, 2.75) is 6.42 Å². The Morgan fingerprint density at radius 1 is 1.05 bits per heavy atom. The largest absolute Gasteiger partial charge is 0.397 e. The normalized spacial score (nSPS) is 9.50. The molecule has 0 aliphatic carbocycles. The van der Waals surface area contributed by atoms with E-state index in [0.717, 1.165) is 11.4 Å². The van der Waals surface area contributed by atoms with Crippen molar-refractivity contribution >= 4 is 17.1 Å². The average molecular weight is 262 g/mol. The zero-order valence-electron chi connectivity index (χ0n) is 11.0. The molecule has 0 saturated heterocycles. The van der Waals surface area contributed by atoms with E-state index in [4.69, 9.17) is 16.3 Å². The van der Waals surface area contributed by atoms with Gasteiger partial charge in [-0.3, -0.25) is 0 Å². The molecule has 0 fully saturated rings. The molecule has 0 heterocycles. The summed E-state index contributed by atoms with van der Waals surface area (Å²) in [4.78, 5) is 1.99. The molecule has 2 rings (SSSR count). The lowest BCUT2D eigenvalue weighted by Gasteiger charge is -2.25. The molecule has 2 N–H and O–H groups in total. The topological polar surface area (TPSA) is 76.8 Å². The molecular formula is C16H14N4. The van der Waals surface area contributed by atoms with Crippen molar-refractivity contribution in [1.82, 2.24) is 0 Å². The first-order chi connectivity index (χ1) is 9.76. The zero-order valence-corrected chi connectivity index (χ0v) is 11.0. The van der Waals surface area contributed by atoms with E-state index < -0.39 is 0 Å². The van der Waals surface area contributed by atoms with Gasteiger partial charge in [0, 0.05) is 12.2 Å². The Labute approximate surface area is 118 Å². The second-order valence-electron chi connectivity index (χ2n) is 4.28. The predicted molar refractivity (Wildman–Crippen MR) is 79.2 cm³/mol. The zero-order chi connectivity index (χ0) is 14.4. The number of nitrogen functional groups attached to an aromatic ring is 1. The molecular weight excluding hydrogens is 248 g/mol. The maximum absolute atomic E-state index is 8.89. The molecule has 2 aromatic carbocycles. The van der Waals surface area contributed by atoms with E-state index in [-0.39, 0.29) is 0 Å². The number of benzene rings is 2. The van der Waals surface area contributed by atoms with Crippen molar-refractivity contribution < 1.29 is 0 Å². The maximum atomic E-state index is 8.89. The summed E-state index contributed by atoms with van der Waals surface area (Å²) in [5.74, 6) is 0. The van der Waals surface area contributed by atoms with Crippen LogP contribution in [-0.2, 0) is 0 Å². The fourth-order valence-corrected chi connectivity index (χ4v) is 2.03. The summed E-state index contributed by atoms with van der Waals surface area (Å²) in [6, 6.07) is 19.2. The highest BCUT2D eigenvalue weighted by molar-refractivity contribution is 5.76. The minimum Gasteiger partial charge on any atom is -0.397 e. The molecule has 0 unspecified atom stereocenters. The van der Waals surface area contributed by atoms with Gasteiger partial charge in [-0.15, -0.1) is 0 Å². The molecule has 0 aliphatic heterocycles. The molecule has 0 amide bonds. The van der Waals surface area contributed by atoms with Crippen LogP contribution in [0.25, 0.3) is 0 Å². The summed E-state index contributed by atoms with van der Waals surface area (Å²) < 4.78 is 0. The van der Waals surface area contributed by atoms with Gasteiger partial charge in [0.05, 0.1) is 35.5 Å². The van der Waals surface area contributed by atoms with Crippen LogP contribution in [0.1, 0.15) is 12.0 Å². The first-order valence-corrected chi connectivity index (χ1v) is 6.25. The van der Waals surface area contributed by atoms with Gasteiger partial charge in [0.25, 0.3) is 0 Å². The molecule has 98 valence electrons. The molecule has 0 saturated carbocycles. The Morgan fingerprint density at radius 3 is 2.40 bits per heavy atom. The number of nitrogens with two attached hydrogens (primary N) is 1. The molecule has 20 heavy (non-hydrogen) atoms. The molecule has 4 nitrogen and oxygen atoms in total. The molecule has 4 heteroatoms. The molecule has 0 aromatic heterocycles. The second-order valence-corrected chi connectivity index (χ2v) is 4.28. The van der Waals surface area contributed by atoms with Crippen LogP contribution in [0.15, 0.2) is 48.5 Å². The minimum atomic E-state index is 0.397. The van der Waals surface area contributed by atoms with Gasteiger partial charge in [0.2, 0.25) is 0 Å². The Hall–Kier alpha value is -2.98. The van der Waals surface area contributed by atoms with Gasteiger partial charge in [-0.05, 0) is 30.3 Å². The van der Waals surface area contributed by atoms with Crippen LogP contribution in [0.3, 0.4) is 0 Å². The minimum absolute atomic E-state index is 0.397. The van der Waals surface area contributed by atoms with Gasteiger partial charge in [-0.2, -0.15) is 10.5 Å². The van der Waals surface area contributed by atoms with Gasteiger partial charge in [-0.1, -0.05) is 18.2 Å². The Balaban J connectivity index is 2.42. The lowest BCUT2D eigenvalue weighted by molar-refractivity contribution is 0.949. The lowest BCUT2D eigenvalue weighted by Crippen LogP contribution is -2.19. The van der Waals surface area contributed by atoms with E-state index in [9.17, 15) is 0 Å². The number of hydrogen-bond donors (Lipinski definition) is 1. The molecule has 0 atom stereocenters. The number of rotatable bonds is 4. The molecule has 2 aromatic rings. The Morgan fingerprint density at radius 2 is 1.80 bits per heavy atom. The standard InChI is InChI=1S/C16H14N4/c17-9-4-10-20(14-5-2-1-3-6-14)16-8-7-13(12-18)11-15(16)19/h1-3,5-8,11H,4,10,19H2. The van der Waals surface area contributed by atoms with E-state index in [1.807, 2.05) is 41.3 Å². The highest BCUT2D eigenvalue weighted by atomic mass is 15.1. The quantitative estimate of drug-likeness (QED) is 0.858. The third-order valence-electron chi connectivity index (χ3n) is 2.96. The molecule has 0 bridgehead atoms. The van der Waals surface area contributed by atoms with Gasteiger partial charge in [0.15, 0.2) is 0 Å². The Bertz CT molecular complexity index is 665. The number of nitrogens with zero attached hydrogens (tertiary/aromatic N) is 3. The highest BCUT2D eigenvalue weighted by Crippen LogP contribution is 2.31. The predicted octanol–water partition coefficient (Wildman–Crippen LogP) is 3.19. The fourth-order valence-electron chi connectivity index (χ4n) is 2.03. The summed E-state index contributed by atoms with van der Waals surface area (Å²) in [6.45, 7) is 0.552. The van der Waals surface area contributed by atoms with Crippen LogP contribution in [0, 0.1) is 22.7 Å². The van der Waals surface area contributed by atoms with Crippen LogP contribution in [0.4, 0.5) is 17.1 Å². The summed E-state index contributed by atoms with van der Waals surface area (Å²) in [6.07, 6.45) is 0.397.